The van der Waals surface area contributed by atoms with Crippen molar-refractivity contribution in [1.29, 1.82) is 0 Å². The van der Waals surface area contributed by atoms with E-state index in [1.807, 2.05) is 0 Å². The summed E-state index contributed by atoms with van der Waals surface area (Å²) in [5.74, 6) is 1.92. The highest BCUT2D eigenvalue weighted by atomic mass is 15.0. The van der Waals surface area contributed by atoms with E-state index in [1.165, 1.54) is 49.2 Å². The van der Waals surface area contributed by atoms with E-state index in [0.717, 1.165) is 44.0 Å². The van der Waals surface area contributed by atoms with E-state index >= 15 is 0 Å². The molecule has 0 aliphatic carbocycles. The summed E-state index contributed by atoms with van der Waals surface area (Å²) in [5, 5.41) is 9.47. The number of hydrogen-bond acceptors (Lipinski definition) is 3. The van der Waals surface area contributed by atoms with Crippen LogP contribution in [0.2, 0.25) is 0 Å². The van der Waals surface area contributed by atoms with Crippen LogP contribution in [0.4, 0.5) is 0 Å². The van der Waals surface area contributed by atoms with Crippen LogP contribution in [0.3, 0.4) is 0 Å². The molecule has 58 heavy (non-hydrogen) atoms. The van der Waals surface area contributed by atoms with Crippen LogP contribution in [0.15, 0.2) is 212 Å². The second kappa shape index (κ2) is 14.1. The molecule has 0 amide bonds. The first kappa shape index (κ1) is 33.6. The molecule has 0 saturated carbocycles. The first-order chi connectivity index (χ1) is 28.7. The summed E-state index contributed by atoms with van der Waals surface area (Å²) >= 11 is 0. The van der Waals surface area contributed by atoms with Crippen LogP contribution in [-0.2, 0) is 0 Å². The average Bonchev–Trinajstić information content (AvgIpc) is 3.30. The molecule has 0 bridgehead atoms. The predicted octanol–water partition coefficient (Wildman–Crippen LogP) is 14.5. The van der Waals surface area contributed by atoms with Gasteiger partial charge in [-0.2, -0.15) is 0 Å². The van der Waals surface area contributed by atoms with Crippen LogP contribution in [0, 0.1) is 0 Å². The van der Waals surface area contributed by atoms with Gasteiger partial charge in [0.1, 0.15) is 0 Å². The van der Waals surface area contributed by atoms with Crippen LogP contribution < -0.4 is 0 Å². The fourth-order valence-corrected chi connectivity index (χ4v) is 8.28. The molecule has 0 fully saturated rings. The molecule has 0 saturated heterocycles. The van der Waals surface area contributed by atoms with Crippen LogP contribution in [0.1, 0.15) is 0 Å². The standard InChI is InChI=1S/C55H35N3/c1-2-11-36(12-3-1)40-23-24-45-35-48(30-28-43(45)31-40)54-56-53(57-55(58-54)52-22-10-16-38-14-5-7-20-50(38)52)47-18-8-17-39(34-47)41-25-26-44-33-46(29-27-42(44)32-41)51-21-9-15-37-13-4-6-19-49(37)51/h1-35H. The summed E-state index contributed by atoms with van der Waals surface area (Å²) in [7, 11) is 0. The molecular weight excluding hydrogens is 703 g/mol. The monoisotopic (exact) mass is 737 g/mol. The molecule has 0 radical (unpaired) electrons. The van der Waals surface area contributed by atoms with Gasteiger partial charge in [-0.25, -0.2) is 15.0 Å². The van der Waals surface area contributed by atoms with E-state index in [4.69, 9.17) is 15.0 Å². The molecule has 1 heterocycles. The number of fused-ring (bicyclic) bond motifs is 4. The maximum atomic E-state index is 5.18. The molecule has 11 rings (SSSR count). The summed E-state index contributed by atoms with van der Waals surface area (Å²) in [6.07, 6.45) is 0. The zero-order valence-corrected chi connectivity index (χ0v) is 31.5. The molecule has 1 aromatic heterocycles. The first-order valence-corrected chi connectivity index (χ1v) is 19.7. The van der Waals surface area contributed by atoms with Gasteiger partial charge in [-0.05, 0) is 107 Å². The molecule has 0 aliphatic heterocycles. The SMILES string of the molecule is c1ccc(-c2ccc3cc(-c4nc(-c5cccc(-c6ccc7cc(-c8cccc9ccccc89)ccc7c6)c5)nc(-c5cccc6ccccc56)n4)ccc3c2)cc1. The lowest BCUT2D eigenvalue weighted by atomic mass is 9.94. The minimum absolute atomic E-state index is 0.634. The van der Waals surface area contributed by atoms with E-state index in [9.17, 15) is 0 Å². The van der Waals surface area contributed by atoms with Crippen LogP contribution >= 0.6 is 0 Å². The summed E-state index contributed by atoms with van der Waals surface area (Å²) in [5.41, 5.74) is 9.95. The van der Waals surface area contributed by atoms with Crippen molar-refractivity contribution in [3.05, 3.63) is 212 Å². The molecule has 270 valence electrons. The Bertz CT molecular complexity index is 3340. The number of hydrogen-bond donors (Lipinski definition) is 0. The second-order valence-electron chi connectivity index (χ2n) is 14.9. The maximum Gasteiger partial charge on any atom is 0.164 e. The third kappa shape index (κ3) is 6.16. The highest BCUT2D eigenvalue weighted by Gasteiger charge is 2.16. The largest absolute Gasteiger partial charge is 0.208 e. The van der Waals surface area contributed by atoms with Gasteiger partial charge in [0.15, 0.2) is 17.5 Å². The Morgan fingerprint density at radius 2 is 0.603 bits per heavy atom. The Kier molecular flexibility index (Phi) is 8.15. The smallest absolute Gasteiger partial charge is 0.164 e. The van der Waals surface area contributed by atoms with Crippen molar-refractivity contribution in [2.75, 3.05) is 0 Å². The highest BCUT2D eigenvalue weighted by Crippen LogP contribution is 2.35. The Balaban J connectivity index is 0.997. The average molecular weight is 738 g/mol. The molecule has 0 spiro atoms. The van der Waals surface area contributed by atoms with Crippen LogP contribution in [0.5, 0.6) is 0 Å². The third-order valence-corrected chi connectivity index (χ3v) is 11.3. The van der Waals surface area contributed by atoms with Gasteiger partial charge in [0.25, 0.3) is 0 Å². The molecule has 0 aliphatic rings. The lowest BCUT2D eigenvalue weighted by Crippen LogP contribution is -2.00. The molecule has 0 N–H and O–H groups in total. The Morgan fingerprint density at radius 3 is 1.28 bits per heavy atom. The van der Waals surface area contributed by atoms with E-state index in [0.29, 0.717) is 17.5 Å². The van der Waals surface area contributed by atoms with Crippen molar-refractivity contribution in [3.8, 4) is 67.5 Å². The molecule has 10 aromatic carbocycles. The topological polar surface area (TPSA) is 38.7 Å². The molecule has 11 aromatic rings. The van der Waals surface area contributed by atoms with Crippen molar-refractivity contribution < 1.29 is 0 Å². The van der Waals surface area contributed by atoms with Crippen LogP contribution in [0.25, 0.3) is 111 Å². The maximum absolute atomic E-state index is 5.18. The van der Waals surface area contributed by atoms with Gasteiger partial charge < -0.3 is 0 Å². The van der Waals surface area contributed by atoms with Crippen molar-refractivity contribution in [2.24, 2.45) is 0 Å². The van der Waals surface area contributed by atoms with E-state index in [2.05, 4.69) is 212 Å². The van der Waals surface area contributed by atoms with Gasteiger partial charge >= 0.3 is 0 Å². The zero-order valence-electron chi connectivity index (χ0n) is 31.5. The number of rotatable bonds is 6. The fourth-order valence-electron chi connectivity index (χ4n) is 8.28. The van der Waals surface area contributed by atoms with E-state index in [-0.39, 0.29) is 0 Å². The molecular formula is C55H35N3. The van der Waals surface area contributed by atoms with Crippen molar-refractivity contribution in [3.63, 3.8) is 0 Å². The molecule has 3 nitrogen and oxygen atoms in total. The first-order valence-electron chi connectivity index (χ1n) is 19.7. The fraction of sp³-hybridized carbons (Fsp3) is 0. The summed E-state index contributed by atoms with van der Waals surface area (Å²) < 4.78 is 0. The minimum Gasteiger partial charge on any atom is -0.208 e. The normalized spacial score (nSPS) is 11.4. The summed E-state index contributed by atoms with van der Waals surface area (Å²) in [4.78, 5) is 15.5. The molecule has 3 heteroatoms. The van der Waals surface area contributed by atoms with Gasteiger partial charge in [0.05, 0.1) is 0 Å². The Morgan fingerprint density at radius 1 is 0.207 bits per heavy atom. The zero-order chi connectivity index (χ0) is 38.4. The van der Waals surface area contributed by atoms with Crippen LogP contribution in [-0.4, -0.2) is 15.0 Å². The highest BCUT2D eigenvalue weighted by molar-refractivity contribution is 6.00. The molecule has 0 atom stereocenters. The number of aromatic nitrogens is 3. The van der Waals surface area contributed by atoms with Gasteiger partial charge in [-0.3, -0.25) is 0 Å². The summed E-state index contributed by atoms with van der Waals surface area (Å²) in [6.45, 7) is 0. The Hall–Kier alpha value is -7.75. The Labute approximate surface area is 336 Å². The lowest BCUT2D eigenvalue weighted by molar-refractivity contribution is 1.08. The van der Waals surface area contributed by atoms with Gasteiger partial charge in [0.2, 0.25) is 0 Å². The van der Waals surface area contributed by atoms with Gasteiger partial charge in [-0.15, -0.1) is 0 Å². The summed E-state index contributed by atoms with van der Waals surface area (Å²) in [6, 6.07) is 75.5. The lowest BCUT2D eigenvalue weighted by Gasteiger charge is -2.12. The quantitative estimate of drug-likeness (QED) is 0.171. The second-order valence-corrected chi connectivity index (χ2v) is 14.9. The van der Waals surface area contributed by atoms with E-state index in [1.54, 1.807) is 0 Å². The predicted molar refractivity (Wildman–Crippen MR) is 242 cm³/mol. The molecule has 0 unspecified atom stereocenters. The van der Waals surface area contributed by atoms with Crippen molar-refractivity contribution in [2.45, 2.75) is 0 Å². The number of benzene rings is 10. The van der Waals surface area contributed by atoms with Crippen molar-refractivity contribution >= 4 is 43.1 Å². The van der Waals surface area contributed by atoms with Crippen molar-refractivity contribution in [1.82, 2.24) is 15.0 Å². The van der Waals surface area contributed by atoms with E-state index < -0.39 is 0 Å². The third-order valence-electron chi connectivity index (χ3n) is 11.3. The number of nitrogens with zero attached hydrogens (tertiary/aromatic N) is 3. The van der Waals surface area contributed by atoms with Gasteiger partial charge in [-0.1, -0.05) is 182 Å². The van der Waals surface area contributed by atoms with Gasteiger partial charge in [0, 0.05) is 16.7 Å². The minimum atomic E-state index is 0.634.